The lowest BCUT2D eigenvalue weighted by atomic mass is 9.60. The van der Waals surface area contributed by atoms with Crippen LogP contribution in [0.15, 0.2) is 35.9 Å². The highest BCUT2D eigenvalue weighted by Gasteiger charge is 2.64. The Hall–Kier alpha value is -3.22. The molecule has 3 aliphatic heterocycles. The number of piperidine rings is 1. The summed E-state index contributed by atoms with van der Waals surface area (Å²) in [6.45, 7) is 2.24. The highest BCUT2D eigenvalue weighted by Crippen LogP contribution is 2.54. The maximum absolute atomic E-state index is 13.4. The van der Waals surface area contributed by atoms with Gasteiger partial charge >= 0.3 is 12.1 Å². The van der Waals surface area contributed by atoms with Crippen LogP contribution in [0.1, 0.15) is 24.6 Å². The summed E-state index contributed by atoms with van der Waals surface area (Å²) in [6.07, 6.45) is 2.46. The van der Waals surface area contributed by atoms with E-state index < -0.39 is 23.5 Å². The molecule has 2 aromatic rings. The van der Waals surface area contributed by atoms with Gasteiger partial charge in [0, 0.05) is 30.2 Å². The lowest BCUT2D eigenvalue weighted by molar-refractivity contribution is -0.191. The predicted molar refractivity (Wildman–Crippen MR) is 109 cm³/mol. The molecule has 4 unspecified atom stereocenters. The van der Waals surface area contributed by atoms with Crippen LogP contribution in [-0.4, -0.2) is 58.4 Å². The van der Waals surface area contributed by atoms with E-state index in [2.05, 4.69) is 16.7 Å². The molecule has 4 aliphatic rings. The molecule has 4 heterocycles. The Morgan fingerprint density at radius 1 is 1.32 bits per heavy atom. The second-order valence-electron chi connectivity index (χ2n) is 8.29. The standard InChI is InChI=1S/C22H24N2O4.CO2/c1-12(25)16-10-13-11-22(21(27)28-3)18-15(8-9-24(19(16)22)20(13)26)14-6-4-5-7-17(14)23(18)2;2-1-3/h4-7,10,12-13,19,25H,8-9,11H2,1-3H3;. The minimum absolute atomic E-state index is 0.0473. The number of rotatable bonds is 2. The number of hydrogen-bond acceptors (Lipinski definition) is 6. The van der Waals surface area contributed by atoms with Gasteiger partial charge in [-0.15, -0.1) is 0 Å². The minimum atomic E-state index is -1.01. The Bertz CT molecular complexity index is 1140. The molecule has 162 valence electrons. The fraction of sp³-hybridized carbons (Fsp3) is 0.435. The van der Waals surface area contributed by atoms with Crippen molar-refractivity contribution in [1.82, 2.24) is 9.47 Å². The van der Waals surface area contributed by atoms with Gasteiger partial charge in [-0.25, -0.2) is 0 Å². The molecule has 0 spiro atoms. The highest BCUT2D eigenvalue weighted by atomic mass is 16.5. The molecule has 8 heteroatoms. The van der Waals surface area contributed by atoms with Crippen LogP contribution in [0.3, 0.4) is 0 Å². The fourth-order valence-electron chi connectivity index (χ4n) is 5.90. The third-order valence-corrected chi connectivity index (χ3v) is 6.90. The Morgan fingerprint density at radius 2 is 2.00 bits per heavy atom. The number of para-hydroxylation sites is 1. The molecule has 1 fully saturated rings. The molecule has 1 amide bonds. The number of carbonyl (C=O) groups is 2. The first-order valence-electron chi connectivity index (χ1n) is 10.2. The number of aliphatic hydroxyl groups excluding tert-OH is 1. The molecule has 1 saturated heterocycles. The summed E-state index contributed by atoms with van der Waals surface area (Å²) in [4.78, 5) is 44.5. The van der Waals surface area contributed by atoms with E-state index >= 15 is 0 Å². The van der Waals surface area contributed by atoms with E-state index in [1.165, 1.54) is 7.11 Å². The van der Waals surface area contributed by atoms with Crippen LogP contribution < -0.4 is 0 Å². The first-order valence-corrected chi connectivity index (χ1v) is 10.2. The number of fused-ring (bicyclic) bond motifs is 3. The van der Waals surface area contributed by atoms with E-state index in [1.807, 2.05) is 30.2 Å². The molecule has 1 aromatic heterocycles. The van der Waals surface area contributed by atoms with Crippen molar-refractivity contribution in [3.63, 3.8) is 0 Å². The summed E-state index contributed by atoms with van der Waals surface area (Å²) in [5.41, 5.74) is 2.85. The van der Waals surface area contributed by atoms with E-state index in [0.717, 1.165) is 27.7 Å². The van der Waals surface area contributed by atoms with Crippen molar-refractivity contribution in [2.45, 2.75) is 37.3 Å². The third-order valence-electron chi connectivity index (χ3n) is 6.90. The van der Waals surface area contributed by atoms with Gasteiger partial charge in [0.25, 0.3) is 0 Å². The van der Waals surface area contributed by atoms with Crippen molar-refractivity contribution >= 4 is 28.9 Å². The third kappa shape index (κ3) is 2.72. The van der Waals surface area contributed by atoms with Gasteiger partial charge in [-0.3, -0.25) is 9.59 Å². The molecule has 0 radical (unpaired) electrons. The molecule has 0 saturated carbocycles. The number of amides is 1. The highest BCUT2D eigenvalue weighted by molar-refractivity contribution is 5.97. The second-order valence-corrected chi connectivity index (χ2v) is 8.29. The summed E-state index contributed by atoms with van der Waals surface area (Å²) >= 11 is 0. The number of esters is 1. The maximum Gasteiger partial charge on any atom is 0.373 e. The number of aromatic nitrogens is 1. The van der Waals surface area contributed by atoms with Gasteiger partial charge in [0.15, 0.2) is 0 Å². The Labute approximate surface area is 179 Å². The number of carbonyl (C=O) groups excluding carboxylic acids is 4. The van der Waals surface area contributed by atoms with E-state index in [9.17, 15) is 14.7 Å². The van der Waals surface area contributed by atoms with Crippen molar-refractivity contribution in [3.8, 4) is 0 Å². The normalized spacial score (nSPS) is 26.8. The summed E-state index contributed by atoms with van der Waals surface area (Å²) in [5.74, 6) is -0.705. The van der Waals surface area contributed by atoms with Crippen LogP contribution in [0.2, 0.25) is 0 Å². The van der Waals surface area contributed by atoms with Crippen molar-refractivity contribution in [2.75, 3.05) is 13.7 Å². The molecule has 1 aliphatic carbocycles. The number of methoxy groups -OCH3 is 1. The van der Waals surface area contributed by atoms with Crippen molar-refractivity contribution in [1.29, 1.82) is 0 Å². The molecule has 1 aromatic carbocycles. The van der Waals surface area contributed by atoms with Gasteiger partial charge in [-0.05, 0) is 37.0 Å². The summed E-state index contributed by atoms with van der Waals surface area (Å²) in [7, 11) is 3.39. The molecule has 6 rings (SSSR count). The van der Waals surface area contributed by atoms with E-state index in [1.54, 1.807) is 6.92 Å². The van der Waals surface area contributed by atoms with Crippen LogP contribution in [0.5, 0.6) is 0 Å². The molecule has 31 heavy (non-hydrogen) atoms. The SMILES string of the molecule is COC(=O)C12CC3C=C(C(C)O)C1N(CCc1c2n(C)c2ccccc12)C3=O.O=C=O. The number of ether oxygens (including phenoxy) is 1. The largest absolute Gasteiger partial charge is 0.468 e. The van der Waals surface area contributed by atoms with Gasteiger partial charge in [-0.2, -0.15) is 9.59 Å². The van der Waals surface area contributed by atoms with Crippen molar-refractivity contribution in [3.05, 3.63) is 47.2 Å². The second kappa shape index (κ2) is 7.48. The first kappa shape index (κ1) is 21.0. The number of aryl methyl sites for hydroxylation is 1. The van der Waals surface area contributed by atoms with E-state index in [0.29, 0.717) is 19.4 Å². The quantitative estimate of drug-likeness (QED) is 0.572. The molecular formula is C23H24N2O6. The molecule has 1 N–H and O–H groups in total. The van der Waals surface area contributed by atoms with Crippen LogP contribution in [0, 0.1) is 5.92 Å². The predicted octanol–water partition coefficient (Wildman–Crippen LogP) is 1.10. The topological polar surface area (TPSA) is 106 Å². The first-order chi connectivity index (χ1) is 14.8. The van der Waals surface area contributed by atoms with Gasteiger partial charge in [0.05, 0.1) is 25.2 Å². The summed E-state index contributed by atoms with van der Waals surface area (Å²) in [5, 5.41) is 11.6. The number of nitrogens with zero attached hydrogens (tertiary/aromatic N) is 2. The van der Waals surface area contributed by atoms with Crippen LogP contribution in [0.25, 0.3) is 10.9 Å². The van der Waals surface area contributed by atoms with Gasteiger partial charge in [-0.1, -0.05) is 24.3 Å². The van der Waals surface area contributed by atoms with E-state index in [4.69, 9.17) is 14.3 Å². The monoisotopic (exact) mass is 424 g/mol. The Morgan fingerprint density at radius 3 is 2.65 bits per heavy atom. The van der Waals surface area contributed by atoms with E-state index in [-0.39, 0.29) is 18.0 Å². The summed E-state index contributed by atoms with van der Waals surface area (Å²) in [6, 6.07) is 7.63. The zero-order valence-corrected chi connectivity index (χ0v) is 17.6. The number of benzene rings is 1. The van der Waals surface area contributed by atoms with Crippen molar-refractivity contribution in [2.24, 2.45) is 13.0 Å². The zero-order chi connectivity index (χ0) is 22.5. The maximum atomic E-state index is 13.4. The fourth-order valence-corrected chi connectivity index (χ4v) is 5.90. The Balaban J connectivity index is 0.000000730. The lowest BCUT2D eigenvalue weighted by Crippen LogP contribution is -2.67. The molecular weight excluding hydrogens is 400 g/mol. The van der Waals surface area contributed by atoms with Crippen LogP contribution >= 0.6 is 0 Å². The lowest BCUT2D eigenvalue weighted by Gasteiger charge is -2.53. The average Bonchev–Trinajstić information content (AvgIpc) is 2.97. The number of aliphatic hydroxyl groups is 1. The van der Waals surface area contributed by atoms with Gasteiger partial charge in [0.1, 0.15) is 5.41 Å². The molecule has 4 atom stereocenters. The van der Waals surface area contributed by atoms with Crippen LogP contribution in [-0.2, 0) is 42.8 Å². The zero-order valence-electron chi connectivity index (χ0n) is 17.6. The van der Waals surface area contributed by atoms with Gasteiger partial charge in [0.2, 0.25) is 5.91 Å². The Kier molecular flexibility index (Phi) is 5.07. The molecule has 4 bridgehead atoms. The summed E-state index contributed by atoms with van der Waals surface area (Å²) < 4.78 is 7.44. The molecule has 8 nitrogen and oxygen atoms in total. The van der Waals surface area contributed by atoms with Crippen molar-refractivity contribution < 1.29 is 29.0 Å². The average molecular weight is 424 g/mol. The van der Waals surface area contributed by atoms with Crippen LogP contribution in [0.4, 0.5) is 0 Å². The number of hydrogen-bond donors (Lipinski definition) is 1. The van der Waals surface area contributed by atoms with Gasteiger partial charge < -0.3 is 19.3 Å². The minimum Gasteiger partial charge on any atom is -0.468 e. The smallest absolute Gasteiger partial charge is 0.373 e.